The van der Waals surface area contributed by atoms with Crippen molar-refractivity contribution in [3.05, 3.63) is 48.0 Å². The molecule has 0 bridgehead atoms. The number of halogens is 2. The van der Waals surface area contributed by atoms with Crippen LogP contribution in [0.15, 0.2) is 41.6 Å². The maximum absolute atomic E-state index is 12.8. The van der Waals surface area contributed by atoms with Gasteiger partial charge in [0.2, 0.25) is 15.9 Å². The van der Waals surface area contributed by atoms with Crippen molar-refractivity contribution in [1.82, 2.24) is 19.2 Å². The topological polar surface area (TPSA) is 101 Å². The molecule has 2 heterocycles. The van der Waals surface area contributed by atoms with E-state index in [-0.39, 0.29) is 54.4 Å². The molecule has 11 heteroatoms. The number of rotatable bonds is 8. The summed E-state index contributed by atoms with van der Waals surface area (Å²) in [6, 6.07) is 5.78. The minimum Gasteiger partial charge on any atom is -0.355 e. The molecule has 0 saturated carbocycles. The van der Waals surface area contributed by atoms with E-state index in [2.05, 4.69) is 10.3 Å². The molecule has 1 aliphatic rings. The van der Waals surface area contributed by atoms with Gasteiger partial charge in [-0.2, -0.15) is 13.1 Å². The molecule has 0 atom stereocenters. The number of sulfonamides is 1. The number of hydrogen-bond acceptors (Lipinski definition) is 5. The number of imidazole rings is 1. The lowest BCUT2D eigenvalue weighted by molar-refractivity contribution is -0.126. The van der Waals surface area contributed by atoms with Crippen molar-refractivity contribution >= 4 is 21.7 Å². The van der Waals surface area contributed by atoms with E-state index in [1.807, 2.05) is 0 Å². The van der Waals surface area contributed by atoms with Gasteiger partial charge in [0.05, 0.1) is 4.90 Å². The molecule has 8 nitrogen and oxygen atoms in total. The average molecular weight is 454 g/mol. The molecular weight excluding hydrogens is 430 g/mol. The van der Waals surface area contributed by atoms with Gasteiger partial charge in [0, 0.05) is 49.9 Å². The van der Waals surface area contributed by atoms with Crippen LogP contribution < -0.4 is 5.32 Å². The number of alkyl halides is 2. The Kier molecular flexibility index (Phi) is 7.16. The minimum absolute atomic E-state index is 0.106. The summed E-state index contributed by atoms with van der Waals surface area (Å²) < 4.78 is 53.3. The highest BCUT2D eigenvalue weighted by Gasteiger charge is 2.32. The lowest BCUT2D eigenvalue weighted by atomic mass is 9.97. The van der Waals surface area contributed by atoms with Gasteiger partial charge < -0.3 is 5.32 Å². The van der Waals surface area contributed by atoms with Gasteiger partial charge in [-0.1, -0.05) is 12.1 Å². The largest absolute Gasteiger partial charge is 0.355 e. The highest BCUT2D eigenvalue weighted by atomic mass is 32.2. The number of ketones is 1. The van der Waals surface area contributed by atoms with Crippen molar-refractivity contribution in [2.45, 2.75) is 37.6 Å². The monoisotopic (exact) mass is 454 g/mol. The predicted molar refractivity (Wildman–Crippen MR) is 108 cm³/mol. The Bertz CT molecular complexity index is 1030. The minimum atomic E-state index is -3.70. The van der Waals surface area contributed by atoms with Crippen molar-refractivity contribution < 1.29 is 26.8 Å². The number of Topliss-reactive ketones (excluding diaryl/α,β-unsaturated/α-hetero) is 1. The molecule has 1 aromatic carbocycles. The Morgan fingerprint density at radius 3 is 2.42 bits per heavy atom. The van der Waals surface area contributed by atoms with Gasteiger partial charge in [0.15, 0.2) is 5.78 Å². The normalized spacial score (nSPS) is 15.9. The van der Waals surface area contributed by atoms with Gasteiger partial charge >= 0.3 is 6.55 Å². The van der Waals surface area contributed by atoms with Crippen LogP contribution in [0.5, 0.6) is 0 Å². The number of amides is 1. The Hall–Kier alpha value is -2.66. The van der Waals surface area contributed by atoms with E-state index in [1.165, 1.54) is 47.9 Å². The maximum atomic E-state index is 12.8. The molecule has 1 aliphatic heterocycles. The van der Waals surface area contributed by atoms with Gasteiger partial charge in [-0.15, -0.1) is 0 Å². The molecule has 3 rings (SSSR count). The second-order valence-electron chi connectivity index (χ2n) is 7.33. The van der Waals surface area contributed by atoms with Crippen LogP contribution in [0.25, 0.3) is 0 Å². The van der Waals surface area contributed by atoms with Crippen molar-refractivity contribution in [3.63, 3.8) is 0 Å². The van der Waals surface area contributed by atoms with E-state index in [0.717, 1.165) is 4.57 Å². The summed E-state index contributed by atoms with van der Waals surface area (Å²) >= 11 is 0. The second-order valence-corrected chi connectivity index (χ2v) is 9.27. The molecule has 2 aromatic rings. The van der Waals surface area contributed by atoms with Gasteiger partial charge in [0.25, 0.3) is 0 Å². The molecule has 1 fully saturated rings. The van der Waals surface area contributed by atoms with Crippen LogP contribution in [0.2, 0.25) is 0 Å². The first kappa shape index (κ1) is 23.0. The molecule has 0 radical (unpaired) electrons. The number of carbonyl (C=O) groups excluding carboxylic acids is 2. The van der Waals surface area contributed by atoms with Gasteiger partial charge in [-0.25, -0.2) is 13.4 Å². The Morgan fingerprint density at radius 2 is 1.84 bits per heavy atom. The van der Waals surface area contributed by atoms with Crippen LogP contribution in [0.1, 0.15) is 42.5 Å². The van der Waals surface area contributed by atoms with Crippen molar-refractivity contribution in [1.29, 1.82) is 0 Å². The Morgan fingerprint density at radius 1 is 1.19 bits per heavy atom. The lowest BCUT2D eigenvalue weighted by Crippen LogP contribution is -2.43. The van der Waals surface area contributed by atoms with Crippen LogP contribution in [0, 0.1) is 5.92 Å². The van der Waals surface area contributed by atoms with E-state index in [1.54, 1.807) is 0 Å². The lowest BCUT2D eigenvalue weighted by Gasteiger charge is -2.30. The molecule has 0 aliphatic carbocycles. The quantitative estimate of drug-likeness (QED) is 0.617. The molecule has 168 valence electrons. The fourth-order valence-corrected chi connectivity index (χ4v) is 5.00. The number of nitrogens with zero attached hydrogens (tertiary/aromatic N) is 3. The number of piperidine rings is 1. The van der Waals surface area contributed by atoms with Crippen LogP contribution in [-0.2, 0) is 21.2 Å². The molecule has 0 spiro atoms. The summed E-state index contributed by atoms with van der Waals surface area (Å²) in [5.74, 6) is -0.527. The first-order valence-electron chi connectivity index (χ1n) is 9.89. The highest BCUT2D eigenvalue weighted by molar-refractivity contribution is 7.89. The summed E-state index contributed by atoms with van der Waals surface area (Å²) in [7, 11) is -3.70. The average Bonchev–Trinajstić information content (AvgIpc) is 3.22. The summed E-state index contributed by atoms with van der Waals surface area (Å²) in [4.78, 5) is 27.7. The van der Waals surface area contributed by atoms with E-state index in [0.29, 0.717) is 18.4 Å². The van der Waals surface area contributed by atoms with E-state index in [9.17, 15) is 26.8 Å². The molecule has 31 heavy (non-hydrogen) atoms. The fraction of sp³-hybridized carbons (Fsp3) is 0.450. The summed E-state index contributed by atoms with van der Waals surface area (Å²) in [5.41, 5.74) is 0.436. The van der Waals surface area contributed by atoms with Crippen LogP contribution in [0.4, 0.5) is 8.78 Å². The number of nitrogens with one attached hydrogen (secondary N) is 1. The van der Waals surface area contributed by atoms with E-state index >= 15 is 0 Å². The molecule has 0 unspecified atom stereocenters. The first-order valence-corrected chi connectivity index (χ1v) is 11.3. The number of aromatic nitrogens is 2. The Labute approximate surface area is 179 Å². The van der Waals surface area contributed by atoms with Crippen molar-refractivity contribution in [3.8, 4) is 0 Å². The van der Waals surface area contributed by atoms with Crippen molar-refractivity contribution in [2.75, 3.05) is 19.6 Å². The van der Waals surface area contributed by atoms with Gasteiger partial charge in [-0.05, 0) is 31.9 Å². The smallest absolute Gasteiger partial charge is 0.319 e. The van der Waals surface area contributed by atoms with Gasteiger partial charge in [-0.3, -0.25) is 14.2 Å². The standard InChI is InChI=1S/C20H24F2N4O4S/c1-14(27)15-2-4-17(5-3-15)31(29,30)25-11-7-16(8-12-25)19(28)24-9-6-18-23-10-13-26(18)20(21)22/h2-5,10,13,16,20H,6-9,11-12H2,1H3,(H,24,28). The molecule has 1 amide bonds. The molecule has 1 saturated heterocycles. The number of carbonyl (C=O) groups is 2. The summed E-state index contributed by atoms with van der Waals surface area (Å²) in [6.07, 6.45) is 3.37. The summed E-state index contributed by atoms with van der Waals surface area (Å²) in [6.45, 7) is -0.705. The first-order chi connectivity index (χ1) is 14.7. The van der Waals surface area contributed by atoms with E-state index < -0.39 is 16.6 Å². The van der Waals surface area contributed by atoms with E-state index in [4.69, 9.17) is 0 Å². The number of hydrogen-bond donors (Lipinski definition) is 1. The predicted octanol–water partition coefficient (Wildman–Crippen LogP) is 2.24. The van der Waals surface area contributed by atoms with Gasteiger partial charge in [0.1, 0.15) is 5.82 Å². The fourth-order valence-electron chi connectivity index (χ4n) is 3.53. The highest BCUT2D eigenvalue weighted by Crippen LogP contribution is 2.24. The maximum Gasteiger partial charge on any atom is 0.319 e. The molecule has 1 N–H and O–H groups in total. The Balaban J connectivity index is 1.50. The van der Waals surface area contributed by atoms with Crippen LogP contribution >= 0.6 is 0 Å². The summed E-state index contributed by atoms with van der Waals surface area (Å²) in [5, 5.41) is 2.72. The zero-order valence-corrected chi connectivity index (χ0v) is 17.8. The SMILES string of the molecule is CC(=O)c1ccc(S(=O)(=O)N2CCC(C(=O)NCCc3nccn3C(F)F)CC2)cc1. The second kappa shape index (κ2) is 9.65. The zero-order valence-electron chi connectivity index (χ0n) is 17.0. The number of benzene rings is 1. The molecular formula is C20H24F2N4O4S. The third kappa shape index (κ3) is 5.34. The van der Waals surface area contributed by atoms with Crippen molar-refractivity contribution in [2.24, 2.45) is 5.92 Å². The van der Waals surface area contributed by atoms with Crippen LogP contribution in [-0.4, -0.2) is 53.6 Å². The zero-order chi connectivity index (χ0) is 22.6. The third-order valence-corrected chi connectivity index (χ3v) is 7.24. The molecule has 1 aromatic heterocycles. The third-order valence-electron chi connectivity index (χ3n) is 5.33. The van der Waals surface area contributed by atoms with Crippen LogP contribution in [0.3, 0.4) is 0 Å².